The Morgan fingerprint density at radius 3 is 2.42 bits per heavy atom. The summed E-state index contributed by atoms with van der Waals surface area (Å²) in [6, 6.07) is 7.47. The Balaban J connectivity index is 1.87. The van der Waals surface area contributed by atoms with Crippen molar-refractivity contribution in [2.45, 2.75) is 13.1 Å². The van der Waals surface area contributed by atoms with Gasteiger partial charge in [-0.15, -0.1) is 15.0 Å². The van der Waals surface area contributed by atoms with Crippen molar-refractivity contribution >= 4 is 0 Å². The highest BCUT2D eigenvalue weighted by molar-refractivity contribution is 5.33. The molecule has 124 valence electrons. The Labute approximate surface area is 133 Å². The molecule has 24 heavy (non-hydrogen) atoms. The van der Waals surface area contributed by atoms with E-state index in [4.69, 9.17) is 4.74 Å². The van der Waals surface area contributed by atoms with Crippen molar-refractivity contribution in [2.75, 3.05) is 0 Å². The number of hydrogen-bond donors (Lipinski definition) is 0. The van der Waals surface area contributed by atoms with Crippen LogP contribution in [0.1, 0.15) is 11.4 Å². The maximum atomic E-state index is 12.9. The third-order valence-electron chi connectivity index (χ3n) is 3.03. The first kappa shape index (κ1) is 15.9. The second kappa shape index (κ2) is 5.91. The molecule has 0 aliphatic carbocycles. The van der Waals surface area contributed by atoms with Gasteiger partial charge in [0.2, 0.25) is 0 Å². The first-order valence-corrected chi connectivity index (χ1v) is 6.74. The van der Waals surface area contributed by atoms with Crippen molar-refractivity contribution < 1.29 is 22.3 Å². The zero-order chi connectivity index (χ0) is 17.3. The van der Waals surface area contributed by atoms with E-state index in [1.54, 1.807) is 6.92 Å². The van der Waals surface area contributed by atoms with E-state index in [0.29, 0.717) is 11.4 Å². The molecule has 2 heterocycles. The van der Waals surface area contributed by atoms with E-state index >= 15 is 0 Å². The van der Waals surface area contributed by atoms with Gasteiger partial charge in [-0.2, -0.15) is 13.2 Å². The van der Waals surface area contributed by atoms with E-state index in [9.17, 15) is 17.6 Å². The second-order valence-electron chi connectivity index (χ2n) is 4.83. The lowest BCUT2D eigenvalue weighted by molar-refractivity contribution is -0.141. The van der Waals surface area contributed by atoms with E-state index < -0.39 is 17.7 Å². The summed E-state index contributed by atoms with van der Waals surface area (Å²) in [6.45, 7) is 1.59. The summed E-state index contributed by atoms with van der Waals surface area (Å²) < 4.78 is 56.3. The number of pyridine rings is 1. The molecule has 9 heteroatoms. The number of rotatable bonds is 3. The highest BCUT2D eigenvalue weighted by Gasteiger charge is 2.32. The molecule has 0 atom stereocenters. The van der Waals surface area contributed by atoms with Crippen LogP contribution in [-0.2, 0) is 6.18 Å². The van der Waals surface area contributed by atoms with Crippen LogP contribution in [-0.4, -0.2) is 20.0 Å². The van der Waals surface area contributed by atoms with Crippen molar-refractivity contribution in [3.63, 3.8) is 0 Å². The first-order valence-electron chi connectivity index (χ1n) is 6.74. The fourth-order valence-corrected chi connectivity index (χ4v) is 1.89. The SMILES string of the molecule is Cc1nn(-c2ccc(F)cc2)nc1Oc1ccnc(C(F)(F)F)c1. The van der Waals surface area contributed by atoms with Gasteiger partial charge in [-0.05, 0) is 37.3 Å². The number of nitrogens with zero attached hydrogens (tertiary/aromatic N) is 4. The van der Waals surface area contributed by atoms with Crippen LogP contribution < -0.4 is 4.74 Å². The summed E-state index contributed by atoms with van der Waals surface area (Å²) >= 11 is 0. The Morgan fingerprint density at radius 2 is 1.75 bits per heavy atom. The Hall–Kier alpha value is -2.97. The maximum absolute atomic E-state index is 12.9. The molecule has 0 spiro atoms. The molecule has 0 saturated heterocycles. The minimum absolute atomic E-state index is 0.0404. The fraction of sp³-hybridized carbons (Fsp3) is 0.133. The molecule has 0 aliphatic rings. The summed E-state index contributed by atoms with van der Waals surface area (Å²) in [6.07, 6.45) is -3.57. The maximum Gasteiger partial charge on any atom is 0.433 e. The van der Waals surface area contributed by atoms with Crippen molar-refractivity contribution in [1.29, 1.82) is 0 Å². The van der Waals surface area contributed by atoms with Gasteiger partial charge in [0.05, 0.1) is 5.69 Å². The zero-order valence-electron chi connectivity index (χ0n) is 12.3. The summed E-state index contributed by atoms with van der Waals surface area (Å²) in [4.78, 5) is 4.46. The molecular formula is C15H10F4N4O. The van der Waals surface area contributed by atoms with Gasteiger partial charge in [0, 0.05) is 12.3 Å². The molecule has 0 radical (unpaired) electrons. The first-order chi connectivity index (χ1) is 11.3. The molecule has 3 rings (SSSR count). The lowest BCUT2D eigenvalue weighted by atomic mass is 10.3. The topological polar surface area (TPSA) is 52.8 Å². The van der Waals surface area contributed by atoms with Gasteiger partial charge in [-0.1, -0.05) is 0 Å². The molecule has 0 bridgehead atoms. The predicted octanol–water partition coefficient (Wildman–Crippen LogP) is 3.92. The third-order valence-corrected chi connectivity index (χ3v) is 3.03. The number of ether oxygens (including phenoxy) is 1. The van der Waals surface area contributed by atoms with Crippen molar-refractivity contribution in [2.24, 2.45) is 0 Å². The van der Waals surface area contributed by atoms with Gasteiger partial charge in [0.1, 0.15) is 23.0 Å². The fourth-order valence-electron chi connectivity index (χ4n) is 1.89. The van der Waals surface area contributed by atoms with Crippen molar-refractivity contribution in [3.8, 4) is 17.3 Å². The van der Waals surface area contributed by atoms with Crippen LogP contribution in [0, 0.1) is 12.7 Å². The predicted molar refractivity (Wildman–Crippen MR) is 75.4 cm³/mol. The molecule has 0 N–H and O–H groups in total. The van der Waals surface area contributed by atoms with Crippen LogP contribution >= 0.6 is 0 Å². The van der Waals surface area contributed by atoms with Gasteiger partial charge in [-0.25, -0.2) is 4.39 Å². The van der Waals surface area contributed by atoms with E-state index in [-0.39, 0.29) is 11.6 Å². The monoisotopic (exact) mass is 338 g/mol. The Morgan fingerprint density at radius 1 is 1.04 bits per heavy atom. The summed E-state index contributed by atoms with van der Waals surface area (Å²) in [7, 11) is 0. The van der Waals surface area contributed by atoms with Crippen molar-refractivity contribution in [3.05, 3.63) is 59.8 Å². The number of aryl methyl sites for hydroxylation is 1. The molecule has 2 aromatic heterocycles. The highest BCUT2D eigenvalue weighted by atomic mass is 19.4. The summed E-state index contributed by atoms with van der Waals surface area (Å²) in [5.41, 5.74) is -0.215. The number of benzene rings is 1. The van der Waals surface area contributed by atoms with E-state index in [1.165, 1.54) is 35.1 Å². The molecule has 3 aromatic rings. The largest absolute Gasteiger partial charge is 0.436 e. The van der Waals surface area contributed by atoms with Crippen molar-refractivity contribution in [1.82, 2.24) is 20.0 Å². The number of hydrogen-bond acceptors (Lipinski definition) is 4. The molecule has 0 aliphatic heterocycles. The highest BCUT2D eigenvalue weighted by Crippen LogP contribution is 2.31. The summed E-state index contributed by atoms with van der Waals surface area (Å²) in [5, 5.41) is 8.15. The molecule has 1 aromatic carbocycles. The van der Waals surface area contributed by atoms with Crippen LogP contribution in [0.5, 0.6) is 11.6 Å². The average Bonchev–Trinajstić information content (AvgIpc) is 2.88. The van der Waals surface area contributed by atoms with Gasteiger partial charge < -0.3 is 4.74 Å². The van der Waals surface area contributed by atoms with E-state index in [0.717, 1.165) is 12.3 Å². The molecule has 0 fully saturated rings. The van der Waals surface area contributed by atoms with Gasteiger partial charge >= 0.3 is 6.18 Å². The van der Waals surface area contributed by atoms with Crippen LogP contribution in [0.3, 0.4) is 0 Å². The lowest BCUT2D eigenvalue weighted by Crippen LogP contribution is -2.07. The van der Waals surface area contributed by atoms with Crippen LogP contribution in [0.4, 0.5) is 17.6 Å². The van der Waals surface area contributed by atoms with Gasteiger partial charge in [0.15, 0.2) is 0 Å². The second-order valence-corrected chi connectivity index (χ2v) is 4.83. The molecule has 0 unspecified atom stereocenters. The van der Waals surface area contributed by atoms with Crippen LogP contribution in [0.25, 0.3) is 5.69 Å². The van der Waals surface area contributed by atoms with Gasteiger partial charge in [0.25, 0.3) is 5.88 Å². The minimum atomic E-state index is -4.57. The lowest BCUT2D eigenvalue weighted by Gasteiger charge is -2.07. The van der Waals surface area contributed by atoms with Crippen LogP contribution in [0.15, 0.2) is 42.6 Å². The molecule has 5 nitrogen and oxygen atoms in total. The summed E-state index contributed by atoms with van der Waals surface area (Å²) in [5.74, 6) is -0.430. The van der Waals surface area contributed by atoms with E-state index in [1.807, 2.05) is 0 Å². The molecule has 0 amide bonds. The number of halogens is 4. The normalized spacial score (nSPS) is 11.5. The third kappa shape index (κ3) is 3.34. The molecule has 0 saturated carbocycles. The number of alkyl halides is 3. The zero-order valence-corrected chi connectivity index (χ0v) is 12.3. The minimum Gasteiger partial charge on any atom is -0.436 e. The quantitative estimate of drug-likeness (QED) is 0.679. The van der Waals surface area contributed by atoms with Crippen LogP contribution in [0.2, 0.25) is 0 Å². The van der Waals surface area contributed by atoms with Gasteiger partial charge in [-0.3, -0.25) is 4.98 Å². The number of aromatic nitrogens is 4. The Bertz CT molecular complexity index is 859. The smallest absolute Gasteiger partial charge is 0.433 e. The molecular weight excluding hydrogens is 328 g/mol. The standard InChI is InChI=1S/C15H10F4N4O/c1-9-14(22-23(21-9)11-4-2-10(16)3-5-11)24-12-6-7-20-13(8-12)15(17,18)19/h2-8H,1H3. The Kier molecular flexibility index (Phi) is 3.92. The van der Waals surface area contributed by atoms with E-state index in [2.05, 4.69) is 15.2 Å². The average molecular weight is 338 g/mol.